The second-order valence-corrected chi connectivity index (χ2v) is 6.18. The van der Waals surface area contributed by atoms with Crippen molar-refractivity contribution in [3.05, 3.63) is 71.8 Å². The maximum atomic E-state index is 13.6. The summed E-state index contributed by atoms with van der Waals surface area (Å²) in [5, 5.41) is 4.46. The molecule has 0 aliphatic rings. The van der Waals surface area contributed by atoms with Gasteiger partial charge in [0.15, 0.2) is 23.0 Å². The lowest BCUT2D eigenvalue weighted by molar-refractivity contribution is 0.306. The first-order chi connectivity index (χ1) is 13.5. The smallest absolute Gasteiger partial charge is 0.174 e. The van der Waals surface area contributed by atoms with Crippen molar-refractivity contribution in [1.82, 2.24) is 5.16 Å². The minimum atomic E-state index is -0.953. The van der Waals surface area contributed by atoms with Gasteiger partial charge in [0, 0.05) is 11.6 Å². The van der Waals surface area contributed by atoms with Gasteiger partial charge >= 0.3 is 0 Å². The minimum absolute atomic E-state index is 0.257. The van der Waals surface area contributed by atoms with E-state index in [9.17, 15) is 8.78 Å². The van der Waals surface area contributed by atoms with Crippen LogP contribution in [0.15, 0.2) is 59.1 Å². The third-order valence-corrected chi connectivity index (χ3v) is 4.38. The van der Waals surface area contributed by atoms with E-state index in [0.717, 1.165) is 23.1 Å². The molecule has 1 aromatic heterocycles. The van der Waals surface area contributed by atoms with E-state index in [-0.39, 0.29) is 5.75 Å². The molecule has 0 atom stereocenters. The van der Waals surface area contributed by atoms with Crippen LogP contribution in [0.5, 0.6) is 11.5 Å². The maximum Gasteiger partial charge on any atom is 0.174 e. The predicted molar refractivity (Wildman–Crippen MR) is 101 cm³/mol. The maximum absolute atomic E-state index is 13.6. The molecule has 0 radical (unpaired) electrons. The molecule has 0 unspecified atom stereocenters. The lowest BCUT2D eigenvalue weighted by Gasteiger charge is -2.11. The molecule has 0 saturated carbocycles. The first-order valence-electron chi connectivity index (χ1n) is 8.45. The molecule has 5 nitrogen and oxygen atoms in total. The van der Waals surface area contributed by atoms with Gasteiger partial charge in [-0.2, -0.15) is 0 Å². The number of rotatable bonds is 5. The van der Waals surface area contributed by atoms with Crippen LogP contribution in [0.2, 0.25) is 0 Å². The summed E-state index contributed by atoms with van der Waals surface area (Å²) in [7, 11) is 1.41. The highest BCUT2D eigenvalue weighted by Crippen LogP contribution is 2.33. The second-order valence-electron chi connectivity index (χ2n) is 6.18. The van der Waals surface area contributed by atoms with Crippen LogP contribution in [0.3, 0.4) is 0 Å². The monoisotopic (exact) mass is 382 g/mol. The third kappa shape index (κ3) is 3.34. The van der Waals surface area contributed by atoms with Gasteiger partial charge in [-0.05, 0) is 41.5 Å². The van der Waals surface area contributed by atoms with Crippen molar-refractivity contribution in [3.8, 4) is 22.6 Å². The van der Waals surface area contributed by atoms with Crippen molar-refractivity contribution in [3.63, 3.8) is 0 Å². The van der Waals surface area contributed by atoms with Gasteiger partial charge in [-0.25, -0.2) is 8.78 Å². The van der Waals surface area contributed by atoms with Gasteiger partial charge in [0.1, 0.15) is 18.1 Å². The molecule has 0 aliphatic carbocycles. The molecule has 142 valence electrons. The molecule has 0 aliphatic heterocycles. The fourth-order valence-electron chi connectivity index (χ4n) is 2.91. The third-order valence-electron chi connectivity index (χ3n) is 4.38. The SMILES string of the molecule is COc1cc(F)c(F)cc1-c1ccc(OCc2ccc3onc(N)c3c2)cc1. The molecule has 0 saturated heterocycles. The first-order valence-corrected chi connectivity index (χ1v) is 8.45. The molecule has 0 spiro atoms. The van der Waals surface area contributed by atoms with Crippen LogP contribution >= 0.6 is 0 Å². The molecular formula is C21H16F2N2O3. The van der Waals surface area contributed by atoms with Crippen LogP contribution in [0, 0.1) is 11.6 Å². The molecule has 2 N–H and O–H groups in total. The molecule has 1 heterocycles. The highest BCUT2D eigenvalue weighted by atomic mass is 19.2. The molecule has 7 heteroatoms. The fourth-order valence-corrected chi connectivity index (χ4v) is 2.91. The minimum Gasteiger partial charge on any atom is -0.496 e. The van der Waals surface area contributed by atoms with Crippen LogP contribution in [-0.4, -0.2) is 12.3 Å². The molecule has 0 amide bonds. The number of anilines is 1. The zero-order valence-electron chi connectivity index (χ0n) is 14.9. The average molecular weight is 382 g/mol. The van der Waals surface area contributed by atoms with Crippen LogP contribution in [-0.2, 0) is 6.61 Å². The summed E-state index contributed by atoms with van der Waals surface area (Å²) in [5.74, 6) is -0.664. The summed E-state index contributed by atoms with van der Waals surface area (Å²) >= 11 is 0. The van der Waals surface area contributed by atoms with Crippen molar-refractivity contribution in [2.75, 3.05) is 12.8 Å². The Bertz CT molecular complexity index is 1140. The number of nitrogens with two attached hydrogens (primary N) is 1. The van der Waals surface area contributed by atoms with Crippen molar-refractivity contribution >= 4 is 16.8 Å². The quantitative estimate of drug-likeness (QED) is 0.529. The van der Waals surface area contributed by atoms with E-state index in [2.05, 4.69) is 5.16 Å². The van der Waals surface area contributed by atoms with Gasteiger partial charge in [0.05, 0.1) is 12.5 Å². The Morgan fingerprint density at radius 1 is 1.00 bits per heavy atom. The number of nitrogen functional groups attached to an aromatic ring is 1. The van der Waals surface area contributed by atoms with Crippen molar-refractivity contribution in [2.45, 2.75) is 6.61 Å². The Morgan fingerprint density at radius 3 is 2.50 bits per heavy atom. The normalized spacial score (nSPS) is 11.0. The van der Waals surface area contributed by atoms with E-state index in [1.54, 1.807) is 30.3 Å². The number of hydrogen-bond acceptors (Lipinski definition) is 5. The Balaban J connectivity index is 1.52. The van der Waals surface area contributed by atoms with Gasteiger partial charge in [0.25, 0.3) is 0 Å². The number of halogens is 2. The van der Waals surface area contributed by atoms with Crippen LogP contribution in [0.1, 0.15) is 5.56 Å². The van der Waals surface area contributed by atoms with Crippen molar-refractivity contribution in [1.29, 1.82) is 0 Å². The summed E-state index contributed by atoms with van der Waals surface area (Å²) in [5.41, 5.74) is 8.43. The largest absolute Gasteiger partial charge is 0.496 e. The number of methoxy groups -OCH3 is 1. The van der Waals surface area contributed by atoms with Gasteiger partial charge in [-0.3, -0.25) is 0 Å². The fraction of sp³-hybridized carbons (Fsp3) is 0.0952. The average Bonchev–Trinajstić information content (AvgIpc) is 3.09. The number of ether oxygens (including phenoxy) is 2. The van der Waals surface area contributed by atoms with E-state index in [4.69, 9.17) is 19.7 Å². The van der Waals surface area contributed by atoms with Crippen LogP contribution < -0.4 is 15.2 Å². The topological polar surface area (TPSA) is 70.5 Å². The highest BCUT2D eigenvalue weighted by molar-refractivity contribution is 5.87. The number of fused-ring (bicyclic) bond motifs is 1. The Hall–Kier alpha value is -3.61. The van der Waals surface area contributed by atoms with E-state index < -0.39 is 11.6 Å². The van der Waals surface area contributed by atoms with E-state index in [1.165, 1.54) is 7.11 Å². The van der Waals surface area contributed by atoms with Gasteiger partial charge < -0.3 is 19.7 Å². The number of aromatic nitrogens is 1. The van der Waals surface area contributed by atoms with Crippen molar-refractivity contribution in [2.24, 2.45) is 0 Å². The summed E-state index contributed by atoms with van der Waals surface area (Å²) in [6.45, 7) is 0.328. The number of nitrogens with zero attached hydrogens (tertiary/aromatic N) is 1. The molecule has 0 fully saturated rings. The number of benzene rings is 3. The van der Waals surface area contributed by atoms with Gasteiger partial charge in [-0.1, -0.05) is 23.4 Å². The van der Waals surface area contributed by atoms with Crippen LogP contribution in [0.25, 0.3) is 22.1 Å². The first kappa shape index (κ1) is 17.8. The molecule has 4 rings (SSSR count). The summed E-state index contributed by atoms with van der Waals surface area (Å²) in [6.07, 6.45) is 0. The molecule has 28 heavy (non-hydrogen) atoms. The zero-order chi connectivity index (χ0) is 19.7. The molecule has 3 aromatic carbocycles. The number of hydrogen-bond donors (Lipinski definition) is 1. The van der Waals surface area contributed by atoms with Crippen LogP contribution in [0.4, 0.5) is 14.6 Å². The highest BCUT2D eigenvalue weighted by Gasteiger charge is 2.12. The second kappa shape index (κ2) is 7.19. The molecule has 0 bridgehead atoms. The summed E-state index contributed by atoms with van der Waals surface area (Å²) < 4.78 is 43.0. The summed E-state index contributed by atoms with van der Waals surface area (Å²) in [4.78, 5) is 0. The predicted octanol–water partition coefficient (Wildman–Crippen LogP) is 4.94. The lowest BCUT2D eigenvalue weighted by Crippen LogP contribution is -1.96. The van der Waals surface area contributed by atoms with E-state index in [0.29, 0.717) is 34.9 Å². The standard InChI is InChI=1S/C21H16F2N2O3/c1-26-20-10-18(23)17(22)9-15(20)13-3-5-14(6-4-13)27-11-12-2-7-19-16(8-12)21(24)25-28-19/h2-10H,11H2,1H3,(H2,24,25). The Kier molecular flexibility index (Phi) is 4.57. The Labute approximate surface area is 159 Å². The van der Waals surface area contributed by atoms with E-state index >= 15 is 0 Å². The van der Waals surface area contributed by atoms with Crippen molar-refractivity contribution < 1.29 is 22.8 Å². The Morgan fingerprint density at radius 2 is 1.75 bits per heavy atom. The summed E-state index contributed by atoms with van der Waals surface area (Å²) in [6, 6.07) is 14.7. The zero-order valence-corrected chi connectivity index (χ0v) is 14.9. The molecule has 4 aromatic rings. The van der Waals surface area contributed by atoms with E-state index in [1.807, 2.05) is 12.1 Å². The molecular weight excluding hydrogens is 366 g/mol. The van der Waals surface area contributed by atoms with Gasteiger partial charge in [-0.15, -0.1) is 0 Å². The lowest BCUT2D eigenvalue weighted by atomic mass is 10.0. The van der Waals surface area contributed by atoms with Gasteiger partial charge in [0.2, 0.25) is 0 Å².